The quantitative estimate of drug-likeness (QED) is 0.873. The van der Waals surface area contributed by atoms with Gasteiger partial charge in [0.2, 0.25) is 0 Å². The van der Waals surface area contributed by atoms with Crippen LogP contribution < -0.4 is 10.1 Å². The average Bonchev–Trinajstić information content (AvgIpc) is 3.17. The van der Waals surface area contributed by atoms with E-state index in [1.807, 2.05) is 30.3 Å². The Bertz CT molecular complexity index is 636. The Hall–Kier alpha value is -1.85. The molecule has 1 N–H and O–H groups in total. The van der Waals surface area contributed by atoms with E-state index in [0.29, 0.717) is 12.3 Å². The smallest absolute Gasteiger partial charge is 0.260 e. The van der Waals surface area contributed by atoms with Gasteiger partial charge in [0.05, 0.1) is 0 Å². The summed E-state index contributed by atoms with van der Waals surface area (Å²) in [6, 6.07) is 13.7. The minimum absolute atomic E-state index is 0.0193. The third-order valence-electron chi connectivity index (χ3n) is 4.52. The molecule has 5 heteroatoms. The second-order valence-corrected chi connectivity index (χ2v) is 7.11. The van der Waals surface area contributed by atoms with Gasteiger partial charge < -0.3 is 14.8 Å². The Kier molecular flexibility index (Phi) is 5.53. The van der Waals surface area contributed by atoms with Crippen LogP contribution in [0.1, 0.15) is 24.6 Å². The van der Waals surface area contributed by atoms with Crippen molar-refractivity contribution in [3.05, 3.63) is 52.7 Å². The molecule has 1 amide bonds. The lowest BCUT2D eigenvalue weighted by Gasteiger charge is -2.36. The first-order valence-electron chi connectivity index (χ1n) is 8.31. The zero-order valence-electron chi connectivity index (χ0n) is 13.9. The summed E-state index contributed by atoms with van der Waals surface area (Å²) in [6.07, 6.45) is 1.34. The van der Waals surface area contributed by atoms with Crippen molar-refractivity contribution in [3.8, 4) is 5.75 Å². The van der Waals surface area contributed by atoms with E-state index in [1.54, 1.807) is 18.3 Å². The summed E-state index contributed by atoms with van der Waals surface area (Å²) < 4.78 is 11.2. The molecule has 2 heterocycles. The standard InChI is InChI=1S/C19H23NO3S/c1-15(23-16-6-3-2-4-7-16)18(21)20-14-19(9-11-22-12-10-19)17-8-5-13-24-17/h2-8,13,15H,9-12,14H2,1H3,(H,20,21)/t15-/m0/s1. The Labute approximate surface area is 146 Å². The Morgan fingerprint density at radius 3 is 2.67 bits per heavy atom. The largest absolute Gasteiger partial charge is 0.481 e. The Morgan fingerprint density at radius 2 is 2.00 bits per heavy atom. The maximum atomic E-state index is 12.4. The summed E-state index contributed by atoms with van der Waals surface area (Å²) in [5, 5.41) is 5.18. The summed E-state index contributed by atoms with van der Waals surface area (Å²) in [4.78, 5) is 13.8. The van der Waals surface area contributed by atoms with Gasteiger partial charge in [-0.15, -0.1) is 11.3 Å². The van der Waals surface area contributed by atoms with E-state index in [0.717, 1.165) is 26.1 Å². The molecule has 1 fully saturated rings. The van der Waals surface area contributed by atoms with Gasteiger partial charge in [-0.25, -0.2) is 0 Å². The van der Waals surface area contributed by atoms with Gasteiger partial charge >= 0.3 is 0 Å². The molecule has 3 rings (SSSR count). The number of para-hydroxylation sites is 1. The van der Waals surface area contributed by atoms with Gasteiger partial charge in [0, 0.05) is 30.1 Å². The fraction of sp³-hybridized carbons (Fsp3) is 0.421. The topological polar surface area (TPSA) is 47.6 Å². The van der Waals surface area contributed by atoms with E-state index in [-0.39, 0.29) is 11.3 Å². The van der Waals surface area contributed by atoms with Crippen molar-refractivity contribution in [2.24, 2.45) is 0 Å². The number of carbonyl (C=O) groups is 1. The normalized spacial score (nSPS) is 17.9. The maximum absolute atomic E-state index is 12.4. The summed E-state index contributed by atoms with van der Waals surface area (Å²) in [5.41, 5.74) is -0.0193. The molecule has 0 bridgehead atoms. The van der Waals surface area contributed by atoms with E-state index in [2.05, 4.69) is 22.8 Å². The first-order valence-corrected chi connectivity index (χ1v) is 9.19. The van der Waals surface area contributed by atoms with Crippen LogP contribution in [0.2, 0.25) is 0 Å². The lowest BCUT2D eigenvalue weighted by Crippen LogP contribution is -2.47. The molecule has 1 aliphatic heterocycles. The van der Waals surface area contributed by atoms with Gasteiger partial charge in [-0.05, 0) is 43.3 Å². The summed E-state index contributed by atoms with van der Waals surface area (Å²) >= 11 is 1.75. The molecule has 1 aromatic carbocycles. The third kappa shape index (κ3) is 3.97. The highest BCUT2D eigenvalue weighted by molar-refractivity contribution is 7.10. The molecular weight excluding hydrogens is 322 g/mol. The fourth-order valence-electron chi connectivity index (χ4n) is 3.01. The summed E-state index contributed by atoms with van der Waals surface area (Å²) in [5.74, 6) is 0.625. The first-order chi connectivity index (χ1) is 11.7. The van der Waals surface area contributed by atoms with E-state index in [9.17, 15) is 4.79 Å². The molecule has 1 atom stereocenters. The number of thiophene rings is 1. The molecular formula is C19H23NO3S. The highest BCUT2D eigenvalue weighted by atomic mass is 32.1. The maximum Gasteiger partial charge on any atom is 0.260 e. The van der Waals surface area contributed by atoms with Crippen molar-refractivity contribution in [2.75, 3.05) is 19.8 Å². The highest BCUT2D eigenvalue weighted by Crippen LogP contribution is 2.37. The molecule has 4 nitrogen and oxygen atoms in total. The van der Waals surface area contributed by atoms with Gasteiger partial charge in [0.15, 0.2) is 6.10 Å². The van der Waals surface area contributed by atoms with Crippen molar-refractivity contribution in [3.63, 3.8) is 0 Å². The van der Waals surface area contributed by atoms with Crippen LogP contribution in [0.25, 0.3) is 0 Å². The molecule has 0 aliphatic carbocycles. The van der Waals surface area contributed by atoms with E-state index >= 15 is 0 Å². The minimum Gasteiger partial charge on any atom is -0.481 e. The number of hydrogen-bond acceptors (Lipinski definition) is 4. The number of nitrogens with one attached hydrogen (secondary N) is 1. The van der Waals surface area contributed by atoms with Gasteiger partial charge in [-0.1, -0.05) is 24.3 Å². The van der Waals surface area contributed by atoms with Gasteiger partial charge in [-0.3, -0.25) is 4.79 Å². The van der Waals surface area contributed by atoms with Crippen LogP contribution in [0.15, 0.2) is 47.8 Å². The Balaban J connectivity index is 1.61. The van der Waals surface area contributed by atoms with Gasteiger partial charge in [-0.2, -0.15) is 0 Å². The molecule has 1 aromatic heterocycles. The SMILES string of the molecule is C[C@H](Oc1ccccc1)C(=O)NCC1(c2cccs2)CCOCC1. The van der Waals surface area contributed by atoms with Crippen LogP contribution in [0.3, 0.4) is 0 Å². The molecule has 0 unspecified atom stereocenters. The number of hydrogen-bond donors (Lipinski definition) is 1. The zero-order chi connectivity index (χ0) is 16.8. The van der Waals surface area contributed by atoms with Gasteiger partial charge in [0.1, 0.15) is 5.75 Å². The fourth-order valence-corrected chi connectivity index (χ4v) is 4.00. The van der Waals surface area contributed by atoms with Gasteiger partial charge in [0.25, 0.3) is 5.91 Å². The first kappa shape index (κ1) is 17.0. The molecule has 0 radical (unpaired) electrons. The predicted octanol–water partition coefficient (Wildman–Crippen LogP) is 3.38. The lowest BCUT2D eigenvalue weighted by molar-refractivity contribution is -0.127. The summed E-state index contributed by atoms with van der Waals surface area (Å²) in [6.45, 7) is 3.88. The van der Waals surface area contributed by atoms with E-state index < -0.39 is 6.10 Å². The van der Waals surface area contributed by atoms with E-state index in [1.165, 1.54) is 4.88 Å². The molecule has 0 saturated carbocycles. The van der Waals surface area contributed by atoms with Crippen LogP contribution in [0.4, 0.5) is 0 Å². The van der Waals surface area contributed by atoms with Crippen molar-refractivity contribution in [1.82, 2.24) is 5.32 Å². The monoisotopic (exact) mass is 345 g/mol. The van der Waals surface area contributed by atoms with Crippen LogP contribution in [0, 0.1) is 0 Å². The van der Waals surface area contributed by atoms with Crippen LogP contribution in [-0.4, -0.2) is 31.8 Å². The van der Waals surface area contributed by atoms with Crippen molar-refractivity contribution < 1.29 is 14.3 Å². The highest BCUT2D eigenvalue weighted by Gasteiger charge is 2.36. The van der Waals surface area contributed by atoms with E-state index in [4.69, 9.17) is 9.47 Å². The number of ether oxygens (including phenoxy) is 2. The molecule has 1 aliphatic rings. The van der Waals surface area contributed by atoms with Crippen LogP contribution in [0.5, 0.6) is 5.75 Å². The molecule has 2 aromatic rings. The number of rotatable bonds is 6. The predicted molar refractivity (Wildman–Crippen MR) is 95.6 cm³/mol. The minimum atomic E-state index is -0.521. The number of amides is 1. The average molecular weight is 345 g/mol. The Morgan fingerprint density at radius 1 is 1.25 bits per heavy atom. The third-order valence-corrected chi connectivity index (χ3v) is 5.64. The lowest BCUT2D eigenvalue weighted by atomic mass is 9.78. The zero-order valence-corrected chi connectivity index (χ0v) is 14.7. The molecule has 1 saturated heterocycles. The van der Waals surface area contributed by atoms with Crippen molar-refractivity contribution in [2.45, 2.75) is 31.3 Å². The van der Waals surface area contributed by atoms with Crippen molar-refractivity contribution in [1.29, 1.82) is 0 Å². The second kappa shape index (κ2) is 7.81. The molecule has 24 heavy (non-hydrogen) atoms. The molecule has 128 valence electrons. The summed E-state index contributed by atoms with van der Waals surface area (Å²) in [7, 11) is 0. The number of benzene rings is 1. The second-order valence-electron chi connectivity index (χ2n) is 6.16. The molecule has 0 spiro atoms. The van der Waals surface area contributed by atoms with Crippen LogP contribution in [-0.2, 0) is 14.9 Å². The number of carbonyl (C=O) groups excluding carboxylic acids is 1. The van der Waals surface area contributed by atoms with Crippen molar-refractivity contribution >= 4 is 17.2 Å². The van der Waals surface area contributed by atoms with Crippen LogP contribution >= 0.6 is 11.3 Å².